The fraction of sp³-hybridized carbons (Fsp3) is 0.889. The van der Waals surface area contributed by atoms with Crippen LogP contribution in [0.1, 0.15) is 39.5 Å². The van der Waals surface area contributed by atoms with E-state index in [-0.39, 0.29) is 12.5 Å². The number of carbonyl (C=O) groups is 1. The van der Waals surface area contributed by atoms with Gasteiger partial charge in [-0.25, -0.2) is 4.99 Å². The Morgan fingerprint density at radius 1 is 1.28 bits per heavy atom. The maximum absolute atomic E-state index is 11.8. The Balaban J connectivity index is 2.46. The lowest BCUT2D eigenvalue weighted by Gasteiger charge is -2.32. The second-order valence-electron chi connectivity index (χ2n) is 6.69. The summed E-state index contributed by atoms with van der Waals surface area (Å²) in [5.41, 5.74) is 0. The molecule has 0 bridgehead atoms. The summed E-state index contributed by atoms with van der Waals surface area (Å²) in [5.74, 6) is 0.744. The number of carbonyl (C=O) groups excluding carboxylic acids is 1. The molecule has 0 aliphatic carbocycles. The van der Waals surface area contributed by atoms with E-state index in [0.717, 1.165) is 58.1 Å². The average Bonchev–Trinajstić information content (AvgIpc) is 2.60. The Bertz CT molecular complexity index is 393. The number of hydrogen-bond donors (Lipinski definition) is 2. The topological polar surface area (TPSA) is 69.2 Å². The molecule has 1 amide bonds. The molecule has 0 radical (unpaired) electrons. The second-order valence-corrected chi connectivity index (χ2v) is 6.69. The van der Waals surface area contributed by atoms with Crippen LogP contribution in [0.15, 0.2) is 4.99 Å². The average molecular weight is 356 g/mol. The summed E-state index contributed by atoms with van der Waals surface area (Å²) >= 11 is 0. The van der Waals surface area contributed by atoms with E-state index in [1.165, 1.54) is 13.0 Å². The van der Waals surface area contributed by atoms with E-state index >= 15 is 0 Å². The van der Waals surface area contributed by atoms with Gasteiger partial charge in [-0.1, -0.05) is 6.92 Å². The Hall–Kier alpha value is -1.34. The van der Waals surface area contributed by atoms with E-state index in [9.17, 15) is 4.79 Å². The van der Waals surface area contributed by atoms with E-state index in [1.807, 2.05) is 6.92 Å². The highest BCUT2D eigenvalue weighted by atomic mass is 16.5. The van der Waals surface area contributed by atoms with Gasteiger partial charge in [-0.05, 0) is 39.2 Å². The number of piperidine rings is 1. The van der Waals surface area contributed by atoms with E-state index in [2.05, 4.69) is 27.4 Å². The molecular weight excluding hydrogens is 318 g/mol. The lowest BCUT2D eigenvalue weighted by atomic mass is 10.1. The number of hydrogen-bond acceptors (Lipinski definition) is 4. The molecule has 1 saturated heterocycles. The molecule has 25 heavy (non-hydrogen) atoms. The van der Waals surface area contributed by atoms with Gasteiger partial charge in [-0.2, -0.15) is 0 Å². The van der Waals surface area contributed by atoms with Crippen molar-refractivity contribution in [2.45, 2.75) is 45.6 Å². The van der Waals surface area contributed by atoms with Crippen molar-refractivity contribution < 1.29 is 9.53 Å². The van der Waals surface area contributed by atoms with Gasteiger partial charge in [0.1, 0.15) is 6.54 Å². The van der Waals surface area contributed by atoms with Crippen molar-refractivity contribution in [3.05, 3.63) is 0 Å². The number of guanidine groups is 1. The molecule has 0 atom stereocenters. The maximum Gasteiger partial charge on any atom is 0.243 e. The Morgan fingerprint density at radius 3 is 2.60 bits per heavy atom. The van der Waals surface area contributed by atoms with Crippen molar-refractivity contribution in [1.82, 2.24) is 20.4 Å². The van der Waals surface area contributed by atoms with Gasteiger partial charge in [0.05, 0.1) is 0 Å². The molecule has 1 fully saturated rings. The van der Waals surface area contributed by atoms with Crippen LogP contribution >= 0.6 is 0 Å². The van der Waals surface area contributed by atoms with E-state index in [4.69, 9.17) is 4.74 Å². The first-order chi connectivity index (χ1) is 12.1. The van der Waals surface area contributed by atoms with Gasteiger partial charge >= 0.3 is 0 Å². The van der Waals surface area contributed by atoms with Crippen LogP contribution in [0.4, 0.5) is 0 Å². The van der Waals surface area contributed by atoms with Gasteiger partial charge < -0.3 is 25.2 Å². The minimum absolute atomic E-state index is 0.00758. The number of amides is 1. The third-order valence-electron chi connectivity index (χ3n) is 4.30. The lowest BCUT2D eigenvalue weighted by Crippen LogP contribution is -2.49. The van der Waals surface area contributed by atoms with Crippen LogP contribution in [0.25, 0.3) is 0 Å². The molecule has 0 saturated carbocycles. The van der Waals surface area contributed by atoms with Crippen LogP contribution in [0.3, 0.4) is 0 Å². The molecule has 1 aliphatic rings. The van der Waals surface area contributed by atoms with E-state index < -0.39 is 0 Å². The highest BCUT2D eigenvalue weighted by Crippen LogP contribution is 2.10. The monoisotopic (exact) mass is 355 g/mol. The molecule has 1 aliphatic heterocycles. The highest BCUT2D eigenvalue weighted by Gasteiger charge is 2.19. The molecule has 2 N–H and O–H groups in total. The first-order valence-electron chi connectivity index (χ1n) is 9.61. The molecule has 0 spiro atoms. The number of rotatable bonds is 10. The molecule has 1 heterocycles. The minimum Gasteiger partial charge on any atom is -0.382 e. The zero-order valence-corrected chi connectivity index (χ0v) is 16.5. The van der Waals surface area contributed by atoms with Gasteiger partial charge in [0.15, 0.2) is 5.96 Å². The third kappa shape index (κ3) is 9.65. The zero-order chi connectivity index (χ0) is 18.5. The Morgan fingerprint density at radius 2 is 2.00 bits per heavy atom. The summed E-state index contributed by atoms with van der Waals surface area (Å²) in [6, 6.07) is 0.417. The SMILES string of the molecule is CCCN1CCC(NC(=NCC(=O)N(C)C)NCCCOCC)CC1. The van der Waals surface area contributed by atoms with Crippen LogP contribution in [0.5, 0.6) is 0 Å². The first-order valence-corrected chi connectivity index (χ1v) is 9.61. The van der Waals surface area contributed by atoms with Crippen molar-refractivity contribution in [1.29, 1.82) is 0 Å². The largest absolute Gasteiger partial charge is 0.382 e. The number of nitrogens with one attached hydrogen (secondary N) is 2. The summed E-state index contributed by atoms with van der Waals surface area (Å²) in [7, 11) is 3.51. The summed E-state index contributed by atoms with van der Waals surface area (Å²) in [5, 5.41) is 6.84. The van der Waals surface area contributed by atoms with Crippen LogP contribution in [0, 0.1) is 0 Å². The standard InChI is InChI=1S/C18H37N5O2/c1-5-11-23-12-8-16(9-13-23)21-18(19-10-7-14-25-6-2)20-15-17(24)22(3)4/h16H,5-15H2,1-4H3,(H2,19,20,21). The van der Waals surface area contributed by atoms with Gasteiger partial charge in [-0.15, -0.1) is 0 Å². The molecule has 146 valence electrons. The van der Waals surface area contributed by atoms with Crippen molar-refractivity contribution in [3.8, 4) is 0 Å². The predicted octanol–water partition coefficient (Wildman–Crippen LogP) is 0.911. The molecule has 0 unspecified atom stereocenters. The molecule has 7 nitrogen and oxygen atoms in total. The van der Waals surface area contributed by atoms with Crippen molar-refractivity contribution in [3.63, 3.8) is 0 Å². The Labute approximate surface area is 153 Å². The van der Waals surface area contributed by atoms with Gasteiger partial charge in [0.2, 0.25) is 5.91 Å². The first kappa shape index (κ1) is 21.7. The summed E-state index contributed by atoms with van der Waals surface area (Å²) in [4.78, 5) is 20.3. The molecule has 7 heteroatoms. The summed E-state index contributed by atoms with van der Waals surface area (Å²) in [6.45, 7) is 10.1. The molecule has 0 aromatic rings. The number of likely N-dealkylation sites (N-methyl/N-ethyl adjacent to an activating group) is 1. The zero-order valence-electron chi connectivity index (χ0n) is 16.5. The number of nitrogens with zero attached hydrogens (tertiary/aromatic N) is 3. The number of likely N-dealkylation sites (tertiary alicyclic amines) is 1. The molecule has 0 aromatic heterocycles. The molecule has 1 rings (SSSR count). The summed E-state index contributed by atoms with van der Waals surface area (Å²) < 4.78 is 5.36. The second kappa shape index (κ2) is 12.9. The lowest BCUT2D eigenvalue weighted by molar-refractivity contribution is -0.127. The smallest absolute Gasteiger partial charge is 0.243 e. The Kier molecular flexibility index (Phi) is 11.2. The van der Waals surface area contributed by atoms with Gasteiger partial charge in [0.25, 0.3) is 0 Å². The van der Waals surface area contributed by atoms with E-state index in [1.54, 1.807) is 19.0 Å². The molecular formula is C18H37N5O2. The maximum atomic E-state index is 11.8. The van der Waals surface area contributed by atoms with E-state index in [0.29, 0.717) is 6.04 Å². The fourth-order valence-electron chi connectivity index (χ4n) is 2.78. The number of aliphatic imine (C=N–C) groups is 1. The minimum atomic E-state index is 0.00758. The predicted molar refractivity (Wildman–Crippen MR) is 103 cm³/mol. The highest BCUT2D eigenvalue weighted by molar-refractivity contribution is 5.84. The third-order valence-corrected chi connectivity index (χ3v) is 4.30. The quantitative estimate of drug-likeness (QED) is 0.346. The fourth-order valence-corrected chi connectivity index (χ4v) is 2.78. The van der Waals surface area contributed by atoms with Crippen molar-refractivity contribution in [2.24, 2.45) is 4.99 Å². The van der Waals surface area contributed by atoms with Gasteiger partial charge in [0, 0.05) is 53.0 Å². The van der Waals surface area contributed by atoms with Crippen LogP contribution in [0.2, 0.25) is 0 Å². The van der Waals surface area contributed by atoms with Crippen LogP contribution in [-0.4, -0.2) is 87.7 Å². The van der Waals surface area contributed by atoms with Crippen LogP contribution in [-0.2, 0) is 9.53 Å². The van der Waals surface area contributed by atoms with Crippen LogP contribution < -0.4 is 10.6 Å². The summed E-state index contributed by atoms with van der Waals surface area (Å²) in [6.07, 6.45) is 4.35. The van der Waals surface area contributed by atoms with Crippen molar-refractivity contribution >= 4 is 11.9 Å². The van der Waals surface area contributed by atoms with Crippen molar-refractivity contribution in [2.75, 3.05) is 60.0 Å². The van der Waals surface area contributed by atoms with Gasteiger partial charge in [-0.3, -0.25) is 4.79 Å². The molecule has 0 aromatic carbocycles. The normalized spacial score (nSPS) is 16.7. The number of ether oxygens (including phenoxy) is 1.